The molecular weight excluding hydrogens is 516 g/mol. The van der Waals surface area contributed by atoms with Crippen LogP contribution < -0.4 is 5.56 Å². The van der Waals surface area contributed by atoms with E-state index < -0.39 is 23.8 Å². The number of aliphatic hydroxyl groups is 1. The molecule has 10 nitrogen and oxygen atoms in total. The van der Waals surface area contributed by atoms with Crippen molar-refractivity contribution in [1.29, 1.82) is 0 Å². The Hall–Kier alpha value is -3.60. The number of pyridine rings is 2. The third-order valence-corrected chi connectivity index (χ3v) is 7.44. The van der Waals surface area contributed by atoms with Crippen LogP contribution in [0.15, 0.2) is 41.2 Å². The molecule has 4 heterocycles. The molecule has 3 aromatic rings. The van der Waals surface area contributed by atoms with Gasteiger partial charge >= 0.3 is 11.9 Å². The van der Waals surface area contributed by atoms with Gasteiger partial charge in [0.25, 0.3) is 5.56 Å². The van der Waals surface area contributed by atoms with Gasteiger partial charge in [0.1, 0.15) is 6.61 Å². The van der Waals surface area contributed by atoms with Gasteiger partial charge in [-0.05, 0) is 37.5 Å². The first kappa shape index (κ1) is 27.9. The number of rotatable bonds is 11. The van der Waals surface area contributed by atoms with Crippen LogP contribution in [0.25, 0.3) is 22.3 Å². The van der Waals surface area contributed by atoms with Gasteiger partial charge in [-0.1, -0.05) is 32.0 Å². The highest BCUT2D eigenvalue weighted by Gasteiger charge is 2.49. The Morgan fingerprint density at radius 2 is 1.93 bits per heavy atom. The van der Waals surface area contributed by atoms with Gasteiger partial charge in [-0.3, -0.25) is 14.4 Å². The molecule has 212 valence electrons. The lowest BCUT2D eigenvalue weighted by Gasteiger charge is -2.41. The lowest BCUT2D eigenvalue weighted by Crippen LogP contribution is -2.50. The summed E-state index contributed by atoms with van der Waals surface area (Å²) < 4.78 is 23.5. The number of aliphatic hydroxyl groups excluding tert-OH is 1. The Kier molecular flexibility index (Phi) is 8.30. The fourth-order valence-electron chi connectivity index (χ4n) is 5.37. The molecule has 2 aliphatic heterocycles. The van der Waals surface area contributed by atoms with E-state index in [9.17, 15) is 19.5 Å². The molecule has 2 aromatic heterocycles. The summed E-state index contributed by atoms with van der Waals surface area (Å²) in [6.45, 7) is 5.13. The molecule has 0 spiro atoms. The standard InChI is InChI=1S/C30H34N2O8/c1-3-12-37-13-14-38-25(33)10-7-11-26(34)40-30(4-2)22-16-24-27-20(15-19-8-5-6-9-23(19)31-27)17-32(24)28(35)21(22)18-39-29(30)36/h5-6,8-9,15-16,29,36H,3-4,7,10-14,17-18H2,1-2H3/t29?,30-/m0/s1. The molecule has 0 saturated heterocycles. The van der Waals surface area contributed by atoms with Crippen LogP contribution in [0.1, 0.15) is 62.6 Å². The Labute approximate surface area is 231 Å². The summed E-state index contributed by atoms with van der Waals surface area (Å²) in [6.07, 6.45) is -0.204. The molecule has 2 atom stereocenters. The molecule has 5 rings (SSSR count). The summed E-state index contributed by atoms with van der Waals surface area (Å²) in [5, 5.41) is 11.9. The topological polar surface area (TPSA) is 126 Å². The molecular formula is C30H34N2O8. The molecule has 0 bridgehead atoms. The zero-order valence-electron chi connectivity index (χ0n) is 22.8. The summed E-state index contributed by atoms with van der Waals surface area (Å²) in [5.41, 5.74) is 1.96. The monoisotopic (exact) mass is 550 g/mol. The van der Waals surface area contributed by atoms with Gasteiger partial charge in [0.15, 0.2) is 11.9 Å². The molecule has 0 amide bonds. The number of benzene rings is 1. The van der Waals surface area contributed by atoms with Gasteiger partial charge in [-0.25, -0.2) is 4.98 Å². The number of esters is 2. The van der Waals surface area contributed by atoms with Crippen LogP contribution in [-0.4, -0.2) is 52.7 Å². The summed E-state index contributed by atoms with van der Waals surface area (Å²) >= 11 is 0. The van der Waals surface area contributed by atoms with Gasteiger partial charge in [0, 0.05) is 36.0 Å². The maximum atomic E-state index is 13.6. The van der Waals surface area contributed by atoms with Crippen LogP contribution in [0, 0.1) is 0 Å². The van der Waals surface area contributed by atoms with Gasteiger partial charge in [-0.15, -0.1) is 0 Å². The van der Waals surface area contributed by atoms with Crippen molar-refractivity contribution in [3.8, 4) is 11.4 Å². The lowest BCUT2D eigenvalue weighted by molar-refractivity contribution is -0.250. The van der Waals surface area contributed by atoms with E-state index in [1.54, 1.807) is 17.6 Å². The highest BCUT2D eigenvalue weighted by atomic mass is 16.7. The number of para-hydroxylation sites is 1. The molecule has 40 heavy (non-hydrogen) atoms. The van der Waals surface area contributed by atoms with Crippen LogP contribution in [0.5, 0.6) is 0 Å². The zero-order valence-corrected chi connectivity index (χ0v) is 22.8. The largest absolute Gasteiger partial charge is 0.463 e. The van der Waals surface area contributed by atoms with E-state index in [1.165, 1.54) is 0 Å². The maximum absolute atomic E-state index is 13.6. The average Bonchev–Trinajstić information content (AvgIpc) is 3.31. The van der Waals surface area contributed by atoms with Gasteiger partial charge in [0.05, 0.1) is 42.2 Å². The van der Waals surface area contributed by atoms with E-state index in [1.807, 2.05) is 37.3 Å². The molecule has 1 aromatic carbocycles. The van der Waals surface area contributed by atoms with E-state index in [0.717, 1.165) is 22.9 Å². The summed E-state index contributed by atoms with van der Waals surface area (Å²) in [4.78, 5) is 43.4. The van der Waals surface area contributed by atoms with E-state index in [0.29, 0.717) is 42.3 Å². The van der Waals surface area contributed by atoms with Crippen molar-refractivity contribution in [2.24, 2.45) is 0 Å². The zero-order chi connectivity index (χ0) is 28.3. The van der Waals surface area contributed by atoms with Crippen molar-refractivity contribution in [1.82, 2.24) is 9.55 Å². The van der Waals surface area contributed by atoms with Gasteiger partial charge in [0.2, 0.25) is 0 Å². The maximum Gasteiger partial charge on any atom is 0.306 e. The second-order valence-electron chi connectivity index (χ2n) is 10.1. The average molecular weight is 551 g/mol. The van der Waals surface area contributed by atoms with Crippen molar-refractivity contribution in [2.75, 3.05) is 19.8 Å². The minimum atomic E-state index is -1.57. The minimum Gasteiger partial charge on any atom is -0.463 e. The number of fused-ring (bicyclic) bond motifs is 5. The van der Waals surface area contributed by atoms with E-state index in [2.05, 4.69) is 0 Å². The van der Waals surface area contributed by atoms with Gasteiger partial charge in [-0.2, -0.15) is 0 Å². The van der Waals surface area contributed by atoms with Crippen LogP contribution in [-0.2, 0) is 47.3 Å². The van der Waals surface area contributed by atoms with E-state index in [-0.39, 0.29) is 44.5 Å². The first-order valence-corrected chi connectivity index (χ1v) is 13.8. The summed E-state index contributed by atoms with van der Waals surface area (Å²) in [7, 11) is 0. The molecule has 0 fully saturated rings. The highest BCUT2D eigenvalue weighted by Crippen LogP contribution is 2.42. The Morgan fingerprint density at radius 1 is 1.12 bits per heavy atom. The molecule has 0 radical (unpaired) electrons. The Morgan fingerprint density at radius 3 is 2.73 bits per heavy atom. The number of ether oxygens (including phenoxy) is 4. The SMILES string of the molecule is CCCOCCOC(=O)CCCC(=O)O[C@@]1(CC)c2cc3n(c(=O)c2COC1O)Cc1cc2ccccc2nc1-3. The van der Waals surface area contributed by atoms with E-state index >= 15 is 0 Å². The second kappa shape index (κ2) is 11.9. The fourth-order valence-corrected chi connectivity index (χ4v) is 5.37. The number of carbonyl (C=O) groups excluding carboxylic acids is 2. The van der Waals surface area contributed by atoms with Crippen molar-refractivity contribution >= 4 is 22.8 Å². The second-order valence-corrected chi connectivity index (χ2v) is 10.1. The Balaban J connectivity index is 1.35. The molecule has 1 N–H and O–H groups in total. The summed E-state index contributed by atoms with van der Waals surface area (Å²) in [6, 6.07) is 11.6. The Bertz CT molecular complexity index is 1480. The number of hydrogen-bond acceptors (Lipinski definition) is 9. The number of aromatic nitrogens is 2. The first-order valence-electron chi connectivity index (χ1n) is 13.8. The van der Waals surface area contributed by atoms with Crippen molar-refractivity contribution < 1.29 is 33.6 Å². The number of carbonyl (C=O) groups is 2. The first-order chi connectivity index (χ1) is 19.4. The molecule has 10 heteroatoms. The highest BCUT2D eigenvalue weighted by molar-refractivity contribution is 5.84. The van der Waals surface area contributed by atoms with Crippen molar-refractivity contribution in [2.45, 2.75) is 71.0 Å². The third kappa shape index (κ3) is 5.26. The quantitative estimate of drug-likeness (QED) is 0.220. The van der Waals surface area contributed by atoms with Crippen LogP contribution in [0.2, 0.25) is 0 Å². The lowest BCUT2D eigenvalue weighted by atomic mass is 9.84. The number of nitrogens with zero attached hydrogens (tertiary/aromatic N) is 2. The van der Waals surface area contributed by atoms with Crippen molar-refractivity contribution in [3.05, 3.63) is 63.4 Å². The van der Waals surface area contributed by atoms with E-state index in [4.69, 9.17) is 23.9 Å². The number of hydrogen-bond donors (Lipinski definition) is 1. The molecule has 0 aliphatic carbocycles. The van der Waals surface area contributed by atoms with Crippen LogP contribution in [0.3, 0.4) is 0 Å². The molecule has 1 unspecified atom stereocenters. The summed E-state index contributed by atoms with van der Waals surface area (Å²) in [5.74, 6) is -1.03. The predicted molar refractivity (Wildman–Crippen MR) is 145 cm³/mol. The molecule has 2 aliphatic rings. The van der Waals surface area contributed by atoms with Crippen LogP contribution in [0.4, 0.5) is 0 Å². The van der Waals surface area contributed by atoms with Crippen LogP contribution >= 0.6 is 0 Å². The third-order valence-electron chi connectivity index (χ3n) is 7.44. The predicted octanol–water partition coefficient (Wildman–Crippen LogP) is 3.56. The normalized spacial score (nSPS) is 19.1. The minimum absolute atomic E-state index is 0.0446. The fraction of sp³-hybridized carbons (Fsp3) is 0.467. The van der Waals surface area contributed by atoms with Gasteiger partial charge < -0.3 is 28.6 Å². The smallest absolute Gasteiger partial charge is 0.306 e. The molecule has 0 saturated carbocycles. The van der Waals surface area contributed by atoms with Crippen molar-refractivity contribution in [3.63, 3.8) is 0 Å².